The summed E-state index contributed by atoms with van der Waals surface area (Å²) in [5.41, 5.74) is 7.11. The molecule has 1 saturated heterocycles. The molecule has 3 saturated carbocycles. The topological polar surface area (TPSA) is 235 Å². The molecule has 15 atom stereocenters. The Morgan fingerprint density at radius 1 is 0.494 bits per heavy atom. The van der Waals surface area contributed by atoms with Crippen LogP contribution in [0.1, 0.15) is 145 Å². The molecule has 0 aromatic heterocycles. The van der Waals surface area contributed by atoms with Crippen LogP contribution in [0, 0.1) is 53.3 Å². The standard InChI is InChI=1S/2C22H30N2O4.C13H17NO3.C9H13NO.CH4/c2*1-13(14-8-10-17(27-5)11-9-14)23-20(25)18-15-6-7-16(12-15)19(18)24-21(26)28-22(2,3)4;1-13(2,3)17-12(16)14-10-8-5-4-7(6-8)9(10)11(14)15;1-7(10)8-3-5-9(11-2)6-4-8;/h2*6-11,13,15-16,18-19H,12H2,1-5H3,(H,23,25)(H,24,26);4-5,7-10H,6H2,1-3H3;3-7H,10H2,1-2H3;1H4/t13-,15+,16-,18-,19-;13-,15-,16+,18+,19-;7-,8+,9?,10?;7-;/m1111./s1. The number of carbonyl (C=O) groups excluding carboxylic acids is 6. The normalized spacial score (nSPS) is 26.8. The van der Waals surface area contributed by atoms with Gasteiger partial charge in [0, 0.05) is 6.04 Å². The van der Waals surface area contributed by atoms with Crippen LogP contribution in [0.2, 0.25) is 0 Å². The van der Waals surface area contributed by atoms with E-state index in [0.29, 0.717) is 11.8 Å². The molecule has 4 fully saturated rings. The van der Waals surface area contributed by atoms with E-state index in [1.165, 1.54) is 4.90 Å². The van der Waals surface area contributed by atoms with E-state index in [2.05, 4.69) is 57.7 Å². The molecular formula is C67H94N6O12. The lowest BCUT2D eigenvalue weighted by Crippen LogP contribution is -2.65. The monoisotopic (exact) mass is 1170 g/mol. The number of likely N-dealkylation sites (tertiary alicyclic amines) is 1. The van der Waals surface area contributed by atoms with Gasteiger partial charge in [0.05, 0.1) is 69.3 Å². The van der Waals surface area contributed by atoms with Gasteiger partial charge < -0.3 is 55.4 Å². The summed E-state index contributed by atoms with van der Waals surface area (Å²) in [6, 6.07) is 22.5. The molecule has 1 aliphatic heterocycles. The molecule has 464 valence electrons. The van der Waals surface area contributed by atoms with Gasteiger partial charge in [0.25, 0.3) is 0 Å². The molecule has 2 unspecified atom stereocenters. The Balaban J connectivity index is 0.000000190. The molecule has 0 radical (unpaired) electrons. The summed E-state index contributed by atoms with van der Waals surface area (Å²) in [4.78, 5) is 75.8. The van der Waals surface area contributed by atoms with Crippen molar-refractivity contribution in [2.45, 2.75) is 163 Å². The van der Waals surface area contributed by atoms with Crippen LogP contribution in [-0.2, 0) is 28.6 Å². The van der Waals surface area contributed by atoms with Gasteiger partial charge in [0.15, 0.2) is 0 Å². The third-order valence-electron chi connectivity index (χ3n) is 16.3. The van der Waals surface area contributed by atoms with E-state index in [4.69, 9.17) is 34.2 Å². The largest absolute Gasteiger partial charge is 0.497 e. The zero-order valence-electron chi connectivity index (χ0n) is 51.6. The van der Waals surface area contributed by atoms with E-state index < -0.39 is 35.1 Å². The van der Waals surface area contributed by atoms with Gasteiger partial charge in [0.2, 0.25) is 17.7 Å². The minimum absolute atomic E-state index is 0. The summed E-state index contributed by atoms with van der Waals surface area (Å²) in [5, 5.41) is 12.1. The Bertz CT molecular complexity index is 2760. The molecule has 6 aliphatic carbocycles. The zero-order chi connectivity index (χ0) is 61.6. The maximum Gasteiger partial charge on any atom is 0.417 e. The summed E-state index contributed by atoms with van der Waals surface area (Å²) in [6.45, 7) is 22.3. The van der Waals surface area contributed by atoms with Gasteiger partial charge >= 0.3 is 18.3 Å². The van der Waals surface area contributed by atoms with Crippen molar-refractivity contribution in [3.05, 3.63) is 126 Å². The van der Waals surface area contributed by atoms with Crippen LogP contribution in [-0.4, -0.2) is 97.2 Å². The molecule has 6 N–H and O–H groups in total. The number of hydrogen-bond acceptors (Lipinski definition) is 13. The number of methoxy groups -OCH3 is 3. The Morgan fingerprint density at radius 3 is 1.18 bits per heavy atom. The third-order valence-corrected chi connectivity index (χ3v) is 16.3. The van der Waals surface area contributed by atoms with Gasteiger partial charge in [-0.2, -0.15) is 0 Å². The predicted molar refractivity (Wildman–Crippen MR) is 327 cm³/mol. The highest BCUT2D eigenvalue weighted by Gasteiger charge is 2.63. The lowest BCUT2D eigenvalue weighted by molar-refractivity contribution is -0.154. The highest BCUT2D eigenvalue weighted by atomic mass is 16.6. The molecule has 0 spiro atoms. The number of imide groups is 1. The number of alkyl carbamates (subject to hydrolysis) is 2. The number of carbonyl (C=O) groups is 6. The van der Waals surface area contributed by atoms with Gasteiger partial charge in [0.1, 0.15) is 34.1 Å². The molecule has 18 nitrogen and oxygen atoms in total. The van der Waals surface area contributed by atoms with Gasteiger partial charge in [-0.1, -0.05) is 80.3 Å². The lowest BCUT2D eigenvalue weighted by atomic mass is 9.80. The molecule has 7 aliphatic rings. The minimum atomic E-state index is -0.571. The molecule has 85 heavy (non-hydrogen) atoms. The molecule has 6 bridgehead atoms. The number of nitrogens with one attached hydrogen (secondary N) is 4. The number of hydrogen-bond donors (Lipinski definition) is 5. The van der Waals surface area contributed by atoms with Crippen molar-refractivity contribution in [2.75, 3.05) is 21.3 Å². The highest BCUT2D eigenvalue weighted by Crippen LogP contribution is 2.53. The molecule has 18 heteroatoms. The molecule has 10 rings (SSSR count). The van der Waals surface area contributed by atoms with Crippen LogP contribution in [0.15, 0.2) is 109 Å². The van der Waals surface area contributed by atoms with E-state index >= 15 is 0 Å². The SMILES string of the molecule is C.CC(C)(C)OC(=O)N1C(=O)C2C1[C@H]1C=C[C@@H]2C1.COc1ccc([C@@H](C)N)cc1.COc1ccc([C@@H](C)NC(=O)[C@@H]2[C@H](NC(=O)OC(C)(C)C)[C@H]3C=C[C@@H]2C3)cc1.COc1ccc([C@@H](C)NC(=O)[C@H]2[C@H](NC(=O)OC(C)(C)C)[C@@H]3C=C[C@H]2C3)cc1. The Labute approximate surface area is 503 Å². The second kappa shape index (κ2) is 27.8. The van der Waals surface area contributed by atoms with Crippen molar-refractivity contribution in [2.24, 2.45) is 59.0 Å². The quantitative estimate of drug-likeness (QED) is 0.0646. The Morgan fingerprint density at radius 2 is 0.824 bits per heavy atom. The molecule has 3 aromatic carbocycles. The Kier molecular flexibility index (Phi) is 21.8. The van der Waals surface area contributed by atoms with Gasteiger partial charge in [-0.15, -0.1) is 0 Å². The fraction of sp³-hybridized carbons (Fsp3) is 0.552. The maximum absolute atomic E-state index is 13.1. The number of benzene rings is 3. The minimum Gasteiger partial charge on any atom is -0.497 e. The summed E-state index contributed by atoms with van der Waals surface area (Å²) in [5.74, 6) is 3.10. The van der Waals surface area contributed by atoms with Crippen LogP contribution in [0.5, 0.6) is 17.2 Å². The molecule has 1 heterocycles. The van der Waals surface area contributed by atoms with Gasteiger partial charge in [-0.3, -0.25) is 14.4 Å². The number of nitrogens with zero attached hydrogens (tertiary/aromatic N) is 1. The summed E-state index contributed by atoms with van der Waals surface area (Å²) < 4.78 is 31.4. The highest BCUT2D eigenvalue weighted by molar-refractivity contribution is 6.00. The van der Waals surface area contributed by atoms with Crippen molar-refractivity contribution in [3.63, 3.8) is 0 Å². The second-order valence-electron chi connectivity index (χ2n) is 26.0. The fourth-order valence-corrected chi connectivity index (χ4v) is 12.3. The van der Waals surface area contributed by atoms with Crippen LogP contribution >= 0.6 is 0 Å². The van der Waals surface area contributed by atoms with Gasteiger partial charge in [-0.25, -0.2) is 19.3 Å². The molecule has 3 aromatic rings. The van der Waals surface area contributed by atoms with Crippen molar-refractivity contribution >= 4 is 36.0 Å². The average Bonchev–Trinajstić information content (AvgIpc) is 1.67. The Hall–Kier alpha value is -7.34. The number of allylic oxidation sites excluding steroid dienone is 3. The third kappa shape index (κ3) is 17.0. The first-order valence-electron chi connectivity index (χ1n) is 29.4. The number of rotatable bonds is 12. The predicted octanol–water partition coefficient (Wildman–Crippen LogP) is 11.5. The van der Waals surface area contributed by atoms with Crippen LogP contribution in [0.4, 0.5) is 14.4 Å². The first-order valence-corrected chi connectivity index (χ1v) is 29.4. The van der Waals surface area contributed by atoms with E-state index in [1.54, 1.807) is 21.3 Å². The smallest absolute Gasteiger partial charge is 0.417 e. The summed E-state index contributed by atoms with van der Waals surface area (Å²) >= 11 is 0. The fourth-order valence-electron chi connectivity index (χ4n) is 12.3. The van der Waals surface area contributed by atoms with E-state index in [9.17, 15) is 28.8 Å². The van der Waals surface area contributed by atoms with Crippen molar-refractivity contribution in [1.29, 1.82) is 0 Å². The number of amides is 6. The average molecular weight is 1180 g/mol. The van der Waals surface area contributed by atoms with Crippen LogP contribution in [0.3, 0.4) is 0 Å². The second-order valence-corrected chi connectivity index (χ2v) is 26.0. The summed E-state index contributed by atoms with van der Waals surface area (Å²) in [6.07, 6.45) is 14.0. The van der Waals surface area contributed by atoms with Crippen LogP contribution in [0.25, 0.3) is 0 Å². The van der Waals surface area contributed by atoms with Crippen LogP contribution < -0.4 is 41.2 Å². The van der Waals surface area contributed by atoms with Crippen molar-refractivity contribution in [3.8, 4) is 17.2 Å². The van der Waals surface area contributed by atoms with Crippen molar-refractivity contribution < 1.29 is 57.2 Å². The maximum atomic E-state index is 13.1. The zero-order valence-corrected chi connectivity index (χ0v) is 51.6. The van der Waals surface area contributed by atoms with Gasteiger partial charge in [-0.05, 0) is 191 Å². The lowest BCUT2D eigenvalue weighted by Gasteiger charge is -2.46. The number of fused-ring (bicyclic) bond motifs is 9. The van der Waals surface area contributed by atoms with E-state index in [0.717, 1.165) is 53.2 Å². The molecular weight excluding hydrogens is 1080 g/mol. The first kappa shape index (κ1) is 66.8. The first-order chi connectivity index (χ1) is 39.5. The number of ether oxygens (including phenoxy) is 6. The van der Waals surface area contributed by atoms with Crippen molar-refractivity contribution in [1.82, 2.24) is 26.2 Å². The number of β-lactam (4-membered cyclic amide) rings is 1. The summed E-state index contributed by atoms with van der Waals surface area (Å²) in [7, 11) is 4.90. The molecule has 6 amide bonds. The number of nitrogens with two attached hydrogens (primary N) is 1. The van der Waals surface area contributed by atoms with E-state index in [-0.39, 0.29) is 103 Å². The van der Waals surface area contributed by atoms with E-state index in [1.807, 2.05) is 156 Å².